The number of carbonyl (C=O) groups is 1. The van der Waals surface area contributed by atoms with Crippen molar-refractivity contribution in [2.45, 2.75) is 31.9 Å². The highest BCUT2D eigenvalue weighted by Gasteiger charge is 2.37. The fourth-order valence-corrected chi connectivity index (χ4v) is 1.89. The van der Waals surface area contributed by atoms with Crippen LogP contribution < -0.4 is 0 Å². The van der Waals surface area contributed by atoms with Gasteiger partial charge in [-0.25, -0.2) is 8.42 Å². The first kappa shape index (κ1) is 13.9. The molecule has 94 valence electrons. The average molecular weight is 254 g/mol. The van der Waals surface area contributed by atoms with Crippen molar-refractivity contribution in [2.24, 2.45) is 0 Å². The highest BCUT2D eigenvalue weighted by atomic mass is 32.2. The van der Waals surface area contributed by atoms with E-state index in [1.54, 1.807) is 0 Å². The number of hydrogen-bond acceptors (Lipinski definition) is 3. The number of hydrogen-bond donors (Lipinski definition) is 0. The average Bonchev–Trinajstić information content (AvgIpc) is 2.19. The Morgan fingerprint density at radius 1 is 1.24 bits per heavy atom. The largest absolute Gasteiger partial charge is 0.298 e. The van der Waals surface area contributed by atoms with Gasteiger partial charge in [-0.2, -0.15) is 0 Å². The molecule has 0 bridgehead atoms. The summed E-state index contributed by atoms with van der Waals surface area (Å²) in [6.07, 6.45) is 1.26. The van der Waals surface area contributed by atoms with Gasteiger partial charge in [0.1, 0.15) is 4.75 Å². The standard InChI is InChI=1S/C13H18O3S/c1-10-7-5-6-8-11(10)9-12(14)13(2,3)17(4,15)16/h5-8H,9H2,1-4H3. The van der Waals surface area contributed by atoms with E-state index in [0.717, 1.165) is 17.4 Å². The molecule has 0 spiro atoms. The third-order valence-corrected chi connectivity index (χ3v) is 5.29. The second kappa shape index (κ2) is 4.61. The minimum Gasteiger partial charge on any atom is -0.298 e. The minimum absolute atomic E-state index is 0.159. The van der Waals surface area contributed by atoms with Crippen LogP contribution in [0, 0.1) is 6.92 Å². The molecular weight excluding hydrogens is 236 g/mol. The van der Waals surface area contributed by atoms with Gasteiger partial charge in [0, 0.05) is 12.7 Å². The van der Waals surface area contributed by atoms with E-state index in [1.807, 2.05) is 31.2 Å². The summed E-state index contributed by atoms with van der Waals surface area (Å²) in [5, 5.41) is 0. The summed E-state index contributed by atoms with van der Waals surface area (Å²) in [6, 6.07) is 7.51. The molecule has 0 aliphatic rings. The molecule has 0 atom stereocenters. The van der Waals surface area contributed by atoms with Crippen molar-refractivity contribution in [3.63, 3.8) is 0 Å². The summed E-state index contributed by atoms with van der Waals surface area (Å²) >= 11 is 0. The third-order valence-electron chi connectivity index (χ3n) is 3.21. The Bertz CT molecular complexity index is 527. The summed E-state index contributed by atoms with van der Waals surface area (Å²) in [5.41, 5.74) is 1.89. The van der Waals surface area contributed by atoms with Gasteiger partial charge in [0.2, 0.25) is 0 Å². The molecule has 1 rings (SSSR count). The van der Waals surface area contributed by atoms with Crippen molar-refractivity contribution in [3.05, 3.63) is 35.4 Å². The van der Waals surface area contributed by atoms with Crippen LogP contribution in [-0.4, -0.2) is 25.2 Å². The number of sulfone groups is 1. The Hall–Kier alpha value is -1.16. The van der Waals surface area contributed by atoms with Crippen molar-refractivity contribution in [1.82, 2.24) is 0 Å². The Kier molecular flexibility index (Phi) is 3.77. The topological polar surface area (TPSA) is 51.2 Å². The van der Waals surface area contributed by atoms with Gasteiger partial charge in [-0.3, -0.25) is 4.79 Å². The lowest BCUT2D eigenvalue weighted by Crippen LogP contribution is -2.41. The van der Waals surface area contributed by atoms with E-state index in [2.05, 4.69) is 0 Å². The number of carbonyl (C=O) groups excluding carboxylic acids is 1. The first-order valence-corrected chi connectivity index (χ1v) is 7.33. The van der Waals surface area contributed by atoms with E-state index < -0.39 is 14.6 Å². The van der Waals surface area contributed by atoms with Crippen LogP contribution in [0.3, 0.4) is 0 Å². The predicted octanol–water partition coefficient (Wildman–Crippen LogP) is 1.93. The van der Waals surface area contributed by atoms with Gasteiger partial charge < -0.3 is 0 Å². The van der Waals surface area contributed by atoms with Crippen LogP contribution >= 0.6 is 0 Å². The Morgan fingerprint density at radius 3 is 2.24 bits per heavy atom. The summed E-state index contributed by atoms with van der Waals surface area (Å²) in [5.74, 6) is -0.269. The van der Waals surface area contributed by atoms with Crippen LogP contribution in [0.1, 0.15) is 25.0 Å². The zero-order valence-electron chi connectivity index (χ0n) is 10.6. The van der Waals surface area contributed by atoms with Gasteiger partial charge in [-0.15, -0.1) is 0 Å². The first-order valence-electron chi connectivity index (χ1n) is 5.43. The van der Waals surface area contributed by atoms with Crippen LogP contribution in [0.4, 0.5) is 0 Å². The summed E-state index contributed by atoms with van der Waals surface area (Å²) in [7, 11) is -3.38. The van der Waals surface area contributed by atoms with Crippen LogP contribution in [0.25, 0.3) is 0 Å². The Labute approximate surface area is 103 Å². The molecule has 0 aromatic heterocycles. The zero-order valence-corrected chi connectivity index (χ0v) is 11.5. The van der Waals surface area contributed by atoms with E-state index in [4.69, 9.17) is 0 Å². The van der Waals surface area contributed by atoms with Crippen molar-refractivity contribution in [2.75, 3.05) is 6.26 Å². The molecule has 0 heterocycles. The normalized spacial score (nSPS) is 12.5. The molecule has 17 heavy (non-hydrogen) atoms. The van der Waals surface area contributed by atoms with E-state index in [1.165, 1.54) is 13.8 Å². The van der Waals surface area contributed by atoms with Crippen molar-refractivity contribution < 1.29 is 13.2 Å². The monoisotopic (exact) mass is 254 g/mol. The fraction of sp³-hybridized carbons (Fsp3) is 0.462. The van der Waals surface area contributed by atoms with E-state index in [9.17, 15) is 13.2 Å². The molecule has 0 aliphatic heterocycles. The molecular formula is C13H18O3S. The second-order valence-electron chi connectivity index (χ2n) is 4.81. The quantitative estimate of drug-likeness (QED) is 0.825. The smallest absolute Gasteiger partial charge is 0.159 e. The summed E-state index contributed by atoms with van der Waals surface area (Å²) < 4.78 is 21.8. The maximum absolute atomic E-state index is 12.1. The Morgan fingerprint density at radius 2 is 1.76 bits per heavy atom. The van der Waals surface area contributed by atoms with Crippen molar-refractivity contribution >= 4 is 15.6 Å². The van der Waals surface area contributed by atoms with Crippen molar-refractivity contribution in [3.8, 4) is 0 Å². The maximum atomic E-state index is 12.1. The molecule has 4 heteroatoms. The number of Topliss-reactive ketones (excluding diaryl/α,β-unsaturated/α-hetero) is 1. The van der Waals surface area contributed by atoms with Gasteiger partial charge in [-0.1, -0.05) is 24.3 Å². The third kappa shape index (κ3) is 2.94. The van der Waals surface area contributed by atoms with Crippen molar-refractivity contribution in [1.29, 1.82) is 0 Å². The molecule has 1 aromatic rings. The van der Waals surface area contributed by atoms with E-state index in [0.29, 0.717) is 0 Å². The van der Waals surface area contributed by atoms with Gasteiger partial charge in [-0.05, 0) is 31.9 Å². The number of aryl methyl sites for hydroxylation is 1. The minimum atomic E-state index is -3.38. The summed E-state index contributed by atoms with van der Waals surface area (Å²) in [4.78, 5) is 12.1. The molecule has 0 saturated carbocycles. The molecule has 0 unspecified atom stereocenters. The maximum Gasteiger partial charge on any atom is 0.159 e. The molecule has 0 N–H and O–H groups in total. The molecule has 3 nitrogen and oxygen atoms in total. The second-order valence-corrected chi connectivity index (χ2v) is 7.37. The SMILES string of the molecule is Cc1ccccc1CC(=O)C(C)(C)S(C)(=O)=O. The first-order chi connectivity index (χ1) is 7.66. The predicted molar refractivity (Wildman–Crippen MR) is 68.8 cm³/mol. The molecule has 0 saturated heterocycles. The van der Waals surface area contributed by atoms with Crippen LogP contribution in [0.5, 0.6) is 0 Å². The number of benzene rings is 1. The summed E-state index contributed by atoms with van der Waals surface area (Å²) in [6.45, 7) is 4.84. The van der Waals surface area contributed by atoms with Gasteiger partial charge in [0.05, 0.1) is 0 Å². The van der Waals surface area contributed by atoms with Crippen LogP contribution in [-0.2, 0) is 21.1 Å². The lowest BCUT2D eigenvalue weighted by molar-refractivity contribution is -0.120. The number of rotatable bonds is 4. The molecule has 0 radical (unpaired) electrons. The van der Waals surface area contributed by atoms with Gasteiger partial charge >= 0.3 is 0 Å². The van der Waals surface area contributed by atoms with Crippen LogP contribution in [0.2, 0.25) is 0 Å². The van der Waals surface area contributed by atoms with Crippen LogP contribution in [0.15, 0.2) is 24.3 Å². The lowest BCUT2D eigenvalue weighted by Gasteiger charge is -2.21. The van der Waals surface area contributed by atoms with Gasteiger partial charge in [0.25, 0.3) is 0 Å². The molecule has 0 aliphatic carbocycles. The van der Waals surface area contributed by atoms with Gasteiger partial charge in [0.15, 0.2) is 15.6 Å². The lowest BCUT2D eigenvalue weighted by atomic mass is 9.97. The van der Waals surface area contributed by atoms with E-state index >= 15 is 0 Å². The molecule has 1 aromatic carbocycles. The molecule has 0 amide bonds. The fourth-order valence-electron chi connectivity index (χ4n) is 1.40. The molecule has 0 fully saturated rings. The zero-order chi connectivity index (χ0) is 13.3. The highest BCUT2D eigenvalue weighted by molar-refractivity contribution is 7.92. The number of ketones is 1. The Balaban J connectivity index is 2.99. The highest BCUT2D eigenvalue weighted by Crippen LogP contribution is 2.20. The van der Waals surface area contributed by atoms with E-state index in [-0.39, 0.29) is 12.2 Å².